The number of aldehydes is 1. The highest BCUT2D eigenvalue weighted by Crippen LogP contribution is 2.45. The maximum atomic E-state index is 11.0. The molecule has 0 saturated carbocycles. The molecular formula is C17H24O5. The molecule has 2 atom stereocenters. The van der Waals surface area contributed by atoms with Crippen molar-refractivity contribution in [2.24, 2.45) is 0 Å². The van der Waals surface area contributed by atoms with Crippen LogP contribution in [0.15, 0.2) is 18.2 Å². The molecule has 1 aliphatic rings. The van der Waals surface area contributed by atoms with E-state index in [1.807, 2.05) is 34.6 Å². The predicted octanol–water partition coefficient (Wildman–Crippen LogP) is 3.26. The van der Waals surface area contributed by atoms with Crippen LogP contribution in [0.3, 0.4) is 0 Å². The first-order valence-corrected chi connectivity index (χ1v) is 7.50. The third-order valence-electron chi connectivity index (χ3n) is 3.97. The average molecular weight is 308 g/mol. The average Bonchev–Trinajstić information content (AvgIpc) is 2.67. The van der Waals surface area contributed by atoms with Gasteiger partial charge in [-0.1, -0.05) is 6.07 Å². The Kier molecular flexibility index (Phi) is 4.90. The van der Waals surface area contributed by atoms with Gasteiger partial charge in [-0.05, 0) is 46.8 Å². The van der Waals surface area contributed by atoms with Crippen molar-refractivity contribution in [3.8, 4) is 5.75 Å². The van der Waals surface area contributed by atoms with E-state index >= 15 is 0 Å². The number of rotatable bonds is 6. The van der Waals surface area contributed by atoms with E-state index < -0.39 is 11.4 Å². The number of ether oxygens (including phenoxy) is 4. The number of benzene rings is 1. The molecule has 0 aliphatic carbocycles. The molecule has 1 fully saturated rings. The second kappa shape index (κ2) is 6.36. The van der Waals surface area contributed by atoms with Crippen LogP contribution in [0.1, 0.15) is 50.5 Å². The third-order valence-corrected chi connectivity index (χ3v) is 3.97. The van der Waals surface area contributed by atoms with Gasteiger partial charge >= 0.3 is 0 Å². The summed E-state index contributed by atoms with van der Waals surface area (Å²) in [5.74, 6) is -0.392. The summed E-state index contributed by atoms with van der Waals surface area (Å²) in [6.07, 6.45) is 0.714. The lowest BCUT2D eigenvalue weighted by molar-refractivity contribution is -0.180. The molecule has 1 saturated heterocycles. The Balaban J connectivity index is 2.35. The first kappa shape index (κ1) is 16.9. The molecular weight excluding hydrogens is 284 g/mol. The standard InChI is InChI=1S/C17H24O5/c1-6-19-11-20-15-9-13(10-18)7-8-14(15)17(5)21-12(2)16(3,4)22-17/h7-10,12H,6,11H2,1-5H3. The van der Waals surface area contributed by atoms with Crippen molar-refractivity contribution in [1.82, 2.24) is 0 Å². The van der Waals surface area contributed by atoms with Crippen molar-refractivity contribution in [2.75, 3.05) is 13.4 Å². The number of carbonyl (C=O) groups excluding carboxylic acids is 1. The fourth-order valence-corrected chi connectivity index (χ4v) is 2.50. The second-order valence-electron chi connectivity index (χ2n) is 6.04. The van der Waals surface area contributed by atoms with Gasteiger partial charge in [0.05, 0.1) is 17.3 Å². The van der Waals surface area contributed by atoms with Crippen LogP contribution in [-0.2, 0) is 20.0 Å². The molecule has 0 N–H and O–H groups in total. The summed E-state index contributed by atoms with van der Waals surface area (Å²) < 4.78 is 23.1. The van der Waals surface area contributed by atoms with Crippen LogP contribution in [0, 0.1) is 0 Å². The quantitative estimate of drug-likeness (QED) is 0.459. The van der Waals surface area contributed by atoms with Crippen molar-refractivity contribution < 1.29 is 23.7 Å². The highest BCUT2D eigenvalue weighted by molar-refractivity contribution is 5.76. The zero-order valence-corrected chi connectivity index (χ0v) is 13.8. The first-order valence-electron chi connectivity index (χ1n) is 7.50. The van der Waals surface area contributed by atoms with Gasteiger partial charge in [0.2, 0.25) is 0 Å². The van der Waals surface area contributed by atoms with E-state index in [0.29, 0.717) is 17.9 Å². The Morgan fingerprint density at radius 2 is 2.05 bits per heavy atom. The molecule has 22 heavy (non-hydrogen) atoms. The lowest BCUT2D eigenvalue weighted by Crippen LogP contribution is -2.31. The highest BCUT2D eigenvalue weighted by Gasteiger charge is 2.49. The molecule has 0 spiro atoms. The third kappa shape index (κ3) is 3.32. The van der Waals surface area contributed by atoms with E-state index in [0.717, 1.165) is 11.8 Å². The van der Waals surface area contributed by atoms with E-state index in [4.69, 9.17) is 18.9 Å². The van der Waals surface area contributed by atoms with Gasteiger partial charge in [-0.2, -0.15) is 0 Å². The summed E-state index contributed by atoms with van der Waals surface area (Å²) >= 11 is 0. The van der Waals surface area contributed by atoms with E-state index in [1.165, 1.54) is 0 Å². The Labute approximate surface area is 131 Å². The van der Waals surface area contributed by atoms with Crippen molar-refractivity contribution in [2.45, 2.75) is 52.1 Å². The molecule has 0 amide bonds. The van der Waals surface area contributed by atoms with Gasteiger partial charge in [-0.15, -0.1) is 0 Å². The highest BCUT2D eigenvalue weighted by atomic mass is 16.8. The molecule has 1 heterocycles. The minimum Gasteiger partial charge on any atom is -0.467 e. The summed E-state index contributed by atoms with van der Waals surface area (Å²) in [5.41, 5.74) is 0.870. The predicted molar refractivity (Wildman–Crippen MR) is 82.0 cm³/mol. The first-order chi connectivity index (χ1) is 10.3. The maximum Gasteiger partial charge on any atom is 0.196 e. The summed E-state index contributed by atoms with van der Waals surface area (Å²) in [6, 6.07) is 5.21. The lowest BCUT2D eigenvalue weighted by atomic mass is 10.0. The van der Waals surface area contributed by atoms with Gasteiger partial charge in [0, 0.05) is 12.2 Å². The minimum atomic E-state index is -0.925. The van der Waals surface area contributed by atoms with Crippen LogP contribution < -0.4 is 4.74 Å². The molecule has 5 nitrogen and oxygen atoms in total. The van der Waals surface area contributed by atoms with E-state index in [2.05, 4.69) is 0 Å². The minimum absolute atomic E-state index is 0.0667. The fraction of sp³-hybridized carbons (Fsp3) is 0.588. The normalized spacial score (nSPS) is 26.9. The molecule has 1 aromatic rings. The fourth-order valence-electron chi connectivity index (χ4n) is 2.50. The topological polar surface area (TPSA) is 54.0 Å². The Hall–Kier alpha value is -1.43. The number of carbonyl (C=O) groups is 1. The van der Waals surface area contributed by atoms with Crippen LogP contribution in [-0.4, -0.2) is 31.4 Å². The SMILES string of the molecule is CCOCOc1cc(C=O)ccc1C1(C)OC(C)C(C)(C)O1. The molecule has 0 bridgehead atoms. The zero-order chi connectivity index (χ0) is 16.4. The van der Waals surface area contributed by atoms with Gasteiger partial charge in [-0.25, -0.2) is 0 Å². The molecule has 5 heteroatoms. The molecule has 0 aromatic heterocycles. The number of hydrogen-bond acceptors (Lipinski definition) is 5. The molecule has 122 valence electrons. The van der Waals surface area contributed by atoms with Gasteiger partial charge in [0.25, 0.3) is 0 Å². The van der Waals surface area contributed by atoms with Crippen LogP contribution in [0.25, 0.3) is 0 Å². The smallest absolute Gasteiger partial charge is 0.196 e. The molecule has 1 aliphatic heterocycles. The molecule has 0 radical (unpaired) electrons. The molecule has 2 unspecified atom stereocenters. The van der Waals surface area contributed by atoms with Crippen molar-refractivity contribution in [1.29, 1.82) is 0 Å². The van der Waals surface area contributed by atoms with Crippen molar-refractivity contribution in [3.63, 3.8) is 0 Å². The summed E-state index contributed by atoms with van der Waals surface area (Å²) in [4.78, 5) is 11.0. The second-order valence-corrected chi connectivity index (χ2v) is 6.04. The summed E-state index contributed by atoms with van der Waals surface area (Å²) in [5, 5.41) is 0. The van der Waals surface area contributed by atoms with E-state index in [9.17, 15) is 4.79 Å². The monoisotopic (exact) mass is 308 g/mol. The van der Waals surface area contributed by atoms with Crippen molar-refractivity contribution in [3.05, 3.63) is 29.3 Å². The Morgan fingerprint density at radius 1 is 1.32 bits per heavy atom. The Bertz CT molecular complexity index is 540. The molecule has 1 aromatic carbocycles. The summed E-state index contributed by atoms with van der Waals surface area (Å²) in [7, 11) is 0. The van der Waals surface area contributed by atoms with Crippen LogP contribution in [0.2, 0.25) is 0 Å². The van der Waals surface area contributed by atoms with Crippen LogP contribution in [0.4, 0.5) is 0 Å². The molecule has 2 rings (SSSR count). The number of hydrogen-bond donors (Lipinski definition) is 0. The Morgan fingerprint density at radius 3 is 2.59 bits per heavy atom. The van der Waals surface area contributed by atoms with Gasteiger partial charge in [0.15, 0.2) is 12.6 Å². The van der Waals surface area contributed by atoms with Crippen LogP contribution >= 0.6 is 0 Å². The van der Waals surface area contributed by atoms with Crippen LogP contribution in [0.5, 0.6) is 5.75 Å². The van der Waals surface area contributed by atoms with Gasteiger partial charge in [0.1, 0.15) is 12.0 Å². The van der Waals surface area contributed by atoms with E-state index in [-0.39, 0.29) is 12.9 Å². The van der Waals surface area contributed by atoms with Crippen molar-refractivity contribution >= 4 is 6.29 Å². The maximum absolute atomic E-state index is 11.0. The van der Waals surface area contributed by atoms with Gasteiger partial charge in [-0.3, -0.25) is 4.79 Å². The van der Waals surface area contributed by atoms with Gasteiger partial charge < -0.3 is 18.9 Å². The zero-order valence-electron chi connectivity index (χ0n) is 13.8. The summed E-state index contributed by atoms with van der Waals surface area (Å²) in [6.45, 7) is 10.4. The lowest BCUT2D eigenvalue weighted by Gasteiger charge is -2.27. The van der Waals surface area contributed by atoms with E-state index in [1.54, 1.807) is 18.2 Å². The largest absolute Gasteiger partial charge is 0.467 e.